The van der Waals surface area contributed by atoms with Crippen LogP contribution in [0.5, 0.6) is 0 Å². The molecule has 0 unspecified atom stereocenters. The van der Waals surface area contributed by atoms with Crippen LogP contribution in [-0.4, -0.2) is 8.07 Å². The van der Waals surface area contributed by atoms with E-state index < -0.39 is 8.07 Å². The van der Waals surface area contributed by atoms with Crippen LogP contribution in [0.2, 0.25) is 19.6 Å². The molecule has 1 aromatic carbocycles. The summed E-state index contributed by atoms with van der Waals surface area (Å²) in [5.41, 5.74) is 7.13. The average Bonchev–Trinajstić information content (AvgIpc) is 2.17. The van der Waals surface area contributed by atoms with Gasteiger partial charge in [-0.2, -0.15) is 0 Å². The van der Waals surface area contributed by atoms with E-state index in [1.54, 1.807) is 0 Å². The third-order valence-corrected chi connectivity index (χ3v) is 3.00. The van der Waals surface area contributed by atoms with Crippen LogP contribution in [0.15, 0.2) is 35.9 Å². The van der Waals surface area contributed by atoms with E-state index in [0.29, 0.717) is 0 Å². The number of rotatable bonds is 1. The van der Waals surface area contributed by atoms with Gasteiger partial charge in [0.1, 0.15) is 8.07 Å². The molecule has 0 saturated carbocycles. The molecule has 0 aromatic heterocycles. The molecule has 0 amide bonds. The summed E-state index contributed by atoms with van der Waals surface area (Å²) in [6, 6.07) is 10.4. The Bertz CT molecular complexity index is 432. The van der Waals surface area contributed by atoms with E-state index in [1.165, 1.54) is 16.7 Å². The molecule has 0 heterocycles. The highest BCUT2D eigenvalue weighted by atomic mass is 28.3. The quantitative estimate of drug-likeness (QED) is 0.495. The molecule has 0 radical (unpaired) electrons. The van der Waals surface area contributed by atoms with E-state index in [-0.39, 0.29) is 0 Å². The van der Waals surface area contributed by atoms with Crippen molar-refractivity contribution >= 4 is 13.6 Å². The topological polar surface area (TPSA) is 0 Å². The Kier molecular flexibility index (Phi) is 4.15. The van der Waals surface area contributed by atoms with Crippen molar-refractivity contribution in [3.8, 4) is 11.5 Å². The Morgan fingerprint density at radius 1 is 1.00 bits per heavy atom. The summed E-state index contributed by atoms with van der Waals surface area (Å²) in [6.07, 6.45) is 0. The minimum Gasteiger partial charge on any atom is -0.127 e. The molecule has 1 rings (SSSR count). The van der Waals surface area contributed by atoms with Gasteiger partial charge in [-0.3, -0.25) is 0 Å². The third kappa shape index (κ3) is 4.08. The first-order valence-corrected chi connectivity index (χ1v) is 9.16. The number of benzene rings is 1. The fourth-order valence-corrected chi connectivity index (χ4v) is 1.84. The lowest BCUT2D eigenvalue weighted by atomic mass is 10.0. The first-order valence-electron chi connectivity index (χ1n) is 5.66. The van der Waals surface area contributed by atoms with Gasteiger partial charge in [-0.1, -0.05) is 61.5 Å². The Morgan fingerprint density at radius 2 is 1.56 bits per heavy atom. The van der Waals surface area contributed by atoms with Crippen molar-refractivity contribution in [2.75, 3.05) is 0 Å². The minimum absolute atomic E-state index is 1.18. The second-order valence-electron chi connectivity index (χ2n) is 5.24. The molecule has 0 saturated heterocycles. The van der Waals surface area contributed by atoms with Crippen LogP contribution < -0.4 is 0 Å². The molecule has 0 fully saturated rings. The fourth-order valence-electron chi connectivity index (χ4n) is 1.34. The van der Waals surface area contributed by atoms with Crippen molar-refractivity contribution in [1.29, 1.82) is 0 Å². The van der Waals surface area contributed by atoms with Crippen LogP contribution in [0, 0.1) is 11.5 Å². The molecular weight excluding hydrogens is 208 g/mol. The third-order valence-electron chi connectivity index (χ3n) is 2.12. The lowest BCUT2D eigenvalue weighted by molar-refractivity contribution is 1.40. The standard InChI is InChI=1S/C15H20Si/c1-13(2)15(11-12-16(3,4)5)14-9-7-6-8-10-14/h6-10H,1-5H3. The van der Waals surface area contributed by atoms with Gasteiger partial charge in [0.05, 0.1) is 0 Å². The zero-order valence-electron chi connectivity index (χ0n) is 10.9. The van der Waals surface area contributed by atoms with Crippen molar-refractivity contribution < 1.29 is 0 Å². The van der Waals surface area contributed by atoms with E-state index in [0.717, 1.165) is 0 Å². The van der Waals surface area contributed by atoms with Gasteiger partial charge >= 0.3 is 0 Å². The predicted molar refractivity (Wildman–Crippen MR) is 75.8 cm³/mol. The van der Waals surface area contributed by atoms with Crippen molar-refractivity contribution in [2.24, 2.45) is 0 Å². The van der Waals surface area contributed by atoms with Gasteiger partial charge in [0, 0.05) is 5.57 Å². The number of hydrogen-bond donors (Lipinski definition) is 0. The van der Waals surface area contributed by atoms with Crippen molar-refractivity contribution in [3.63, 3.8) is 0 Å². The van der Waals surface area contributed by atoms with Crippen LogP contribution in [0.4, 0.5) is 0 Å². The van der Waals surface area contributed by atoms with Gasteiger partial charge < -0.3 is 0 Å². The molecule has 0 aliphatic carbocycles. The largest absolute Gasteiger partial charge is 0.129 e. The van der Waals surface area contributed by atoms with E-state index >= 15 is 0 Å². The first-order chi connectivity index (χ1) is 7.40. The first kappa shape index (κ1) is 12.8. The van der Waals surface area contributed by atoms with Gasteiger partial charge in [0.15, 0.2) is 0 Å². The van der Waals surface area contributed by atoms with Crippen LogP contribution in [0.25, 0.3) is 5.57 Å². The maximum atomic E-state index is 3.43. The summed E-state index contributed by atoms with van der Waals surface area (Å²) in [6.45, 7) is 11.1. The van der Waals surface area contributed by atoms with E-state index in [4.69, 9.17) is 0 Å². The Morgan fingerprint density at radius 3 is 2.00 bits per heavy atom. The number of hydrogen-bond acceptors (Lipinski definition) is 0. The van der Waals surface area contributed by atoms with Crippen molar-refractivity contribution in [2.45, 2.75) is 33.5 Å². The van der Waals surface area contributed by atoms with Crippen LogP contribution in [-0.2, 0) is 0 Å². The molecule has 0 bridgehead atoms. The van der Waals surface area contributed by atoms with Crippen LogP contribution >= 0.6 is 0 Å². The fraction of sp³-hybridized carbons (Fsp3) is 0.333. The summed E-state index contributed by atoms with van der Waals surface area (Å²) < 4.78 is 0. The minimum atomic E-state index is -1.29. The monoisotopic (exact) mass is 228 g/mol. The molecule has 1 aromatic rings. The molecule has 1 heteroatoms. The van der Waals surface area contributed by atoms with Gasteiger partial charge in [-0.25, -0.2) is 0 Å². The van der Waals surface area contributed by atoms with Crippen LogP contribution in [0.3, 0.4) is 0 Å². The predicted octanol–water partition coefficient (Wildman–Crippen LogP) is 4.36. The summed E-state index contributed by atoms with van der Waals surface area (Å²) in [4.78, 5) is 0. The van der Waals surface area contributed by atoms with E-state index in [2.05, 4.69) is 69.2 Å². The highest BCUT2D eigenvalue weighted by molar-refractivity contribution is 6.84. The van der Waals surface area contributed by atoms with Crippen molar-refractivity contribution in [1.82, 2.24) is 0 Å². The maximum absolute atomic E-state index is 3.43. The van der Waals surface area contributed by atoms with E-state index in [9.17, 15) is 0 Å². The molecule has 84 valence electrons. The second kappa shape index (κ2) is 5.18. The van der Waals surface area contributed by atoms with Gasteiger partial charge in [-0.05, 0) is 19.4 Å². The summed E-state index contributed by atoms with van der Waals surface area (Å²) in [5, 5.41) is 0. The second-order valence-corrected chi connectivity index (χ2v) is 9.99. The average molecular weight is 228 g/mol. The Labute approximate surface area is 100 Å². The normalized spacial score (nSPS) is 10.3. The van der Waals surface area contributed by atoms with Gasteiger partial charge in [0.25, 0.3) is 0 Å². The number of allylic oxidation sites excluding steroid dienone is 2. The van der Waals surface area contributed by atoms with Gasteiger partial charge in [0.2, 0.25) is 0 Å². The zero-order chi connectivity index (χ0) is 12.2. The highest BCUT2D eigenvalue weighted by Gasteiger charge is 2.08. The highest BCUT2D eigenvalue weighted by Crippen LogP contribution is 2.17. The molecule has 16 heavy (non-hydrogen) atoms. The molecule has 0 aliphatic heterocycles. The summed E-state index contributed by atoms with van der Waals surface area (Å²) in [7, 11) is -1.29. The molecule has 0 atom stereocenters. The Balaban J connectivity index is 3.14. The molecule has 0 nitrogen and oxygen atoms in total. The molecular formula is C15H20Si. The van der Waals surface area contributed by atoms with Gasteiger partial charge in [-0.15, -0.1) is 5.54 Å². The van der Waals surface area contributed by atoms with E-state index in [1.807, 2.05) is 6.07 Å². The van der Waals surface area contributed by atoms with Crippen LogP contribution in [0.1, 0.15) is 19.4 Å². The lowest BCUT2D eigenvalue weighted by Gasteiger charge is -2.06. The summed E-state index contributed by atoms with van der Waals surface area (Å²) >= 11 is 0. The molecule has 0 spiro atoms. The Hall–Kier alpha value is -1.26. The molecule has 0 N–H and O–H groups in total. The molecule has 0 aliphatic rings. The van der Waals surface area contributed by atoms with Crippen molar-refractivity contribution in [3.05, 3.63) is 41.5 Å². The summed E-state index contributed by atoms with van der Waals surface area (Å²) in [5.74, 6) is 3.37. The smallest absolute Gasteiger partial charge is 0.127 e. The SMILES string of the molecule is CC(C)=C(C#C[Si](C)(C)C)c1ccccc1. The maximum Gasteiger partial charge on any atom is 0.129 e. The lowest BCUT2D eigenvalue weighted by Crippen LogP contribution is -2.16. The zero-order valence-corrected chi connectivity index (χ0v) is 11.9.